The first-order valence-electron chi connectivity index (χ1n) is 9.94. The molecule has 0 heterocycles. The fraction of sp³-hybridized carbons (Fsp3) is 0.522. The van der Waals surface area contributed by atoms with E-state index < -0.39 is 0 Å². The first-order valence-corrected chi connectivity index (χ1v) is 10.9. The maximum Gasteiger partial charge on any atom is 0.119 e. The van der Waals surface area contributed by atoms with Crippen molar-refractivity contribution >= 4 is 16.8 Å². The molecule has 3 nitrogen and oxygen atoms in total. The topological polar surface area (TPSA) is 45.1 Å². The zero-order valence-corrected chi connectivity index (χ0v) is 18.4. The molecule has 1 aromatic carbocycles. The van der Waals surface area contributed by atoms with Crippen LogP contribution in [-0.4, -0.2) is 17.4 Å². The Morgan fingerprint density at radius 2 is 1.81 bits per heavy atom. The van der Waals surface area contributed by atoms with Gasteiger partial charge in [-0.05, 0) is 61.3 Å². The molecule has 0 aromatic heterocycles. The Hall–Kier alpha value is -1.68. The second-order valence-corrected chi connectivity index (χ2v) is 8.36. The van der Waals surface area contributed by atoms with E-state index in [1.54, 1.807) is 6.08 Å². The molecule has 0 aliphatic heterocycles. The summed E-state index contributed by atoms with van der Waals surface area (Å²) in [6.45, 7) is 15.4. The quantitative estimate of drug-likeness (QED) is 0.300. The van der Waals surface area contributed by atoms with E-state index in [0.29, 0.717) is 11.7 Å². The standard InChI is InChI=1S/C17H24N2OS.C6H12/c1-5-20-16-10-8-15(9-11-16)14(4)19-13(3)7-12-17(18)21-6-2;1-5-3-4-6(5)2/h7-12,14,18-19H,3,5-6H2,1-2,4H3;5-6H,3-4H2,1-2H3/b12-7-,18-17?;/t;5-,6?/m.1/s1. The Morgan fingerprint density at radius 1 is 1.22 bits per heavy atom. The lowest BCUT2D eigenvalue weighted by atomic mass is 9.77. The molecule has 0 bridgehead atoms. The fourth-order valence-corrected chi connectivity index (χ4v) is 3.12. The van der Waals surface area contributed by atoms with E-state index in [9.17, 15) is 0 Å². The summed E-state index contributed by atoms with van der Waals surface area (Å²) in [7, 11) is 0. The highest BCUT2D eigenvalue weighted by Gasteiger charge is 2.20. The monoisotopic (exact) mass is 388 g/mol. The van der Waals surface area contributed by atoms with Crippen LogP contribution in [0.5, 0.6) is 5.75 Å². The van der Waals surface area contributed by atoms with Crippen LogP contribution in [-0.2, 0) is 0 Å². The molecule has 4 heteroatoms. The number of ether oxygens (including phenoxy) is 1. The van der Waals surface area contributed by atoms with E-state index in [2.05, 4.69) is 44.8 Å². The maximum absolute atomic E-state index is 7.68. The van der Waals surface area contributed by atoms with Crippen LogP contribution in [0.2, 0.25) is 0 Å². The van der Waals surface area contributed by atoms with Crippen molar-refractivity contribution in [2.24, 2.45) is 11.8 Å². The average Bonchev–Trinajstić information content (AvgIpc) is 2.66. The molecule has 0 spiro atoms. The summed E-state index contributed by atoms with van der Waals surface area (Å²) >= 11 is 1.51. The summed E-state index contributed by atoms with van der Waals surface area (Å²) in [4.78, 5) is 0. The highest BCUT2D eigenvalue weighted by atomic mass is 32.2. The second kappa shape index (κ2) is 12.7. The molecule has 1 fully saturated rings. The first kappa shape index (κ1) is 23.4. The third kappa shape index (κ3) is 9.18. The molecule has 1 aliphatic rings. The molecule has 150 valence electrons. The molecular formula is C23H36N2OS. The van der Waals surface area contributed by atoms with Crippen molar-refractivity contribution in [1.82, 2.24) is 5.32 Å². The van der Waals surface area contributed by atoms with Gasteiger partial charge in [0.2, 0.25) is 0 Å². The van der Waals surface area contributed by atoms with Crippen LogP contribution in [0.25, 0.3) is 0 Å². The number of thioether (sulfide) groups is 1. The van der Waals surface area contributed by atoms with Gasteiger partial charge in [-0.2, -0.15) is 0 Å². The van der Waals surface area contributed by atoms with Crippen molar-refractivity contribution in [2.75, 3.05) is 12.4 Å². The highest BCUT2D eigenvalue weighted by molar-refractivity contribution is 8.14. The van der Waals surface area contributed by atoms with Crippen LogP contribution in [0.1, 0.15) is 59.1 Å². The third-order valence-corrected chi connectivity index (χ3v) is 5.61. The Morgan fingerprint density at radius 3 is 2.26 bits per heavy atom. The number of nitrogens with one attached hydrogen (secondary N) is 2. The van der Waals surface area contributed by atoms with E-state index in [4.69, 9.17) is 10.1 Å². The average molecular weight is 389 g/mol. The van der Waals surface area contributed by atoms with Gasteiger partial charge in [0, 0.05) is 11.7 Å². The van der Waals surface area contributed by atoms with Crippen molar-refractivity contribution in [3.63, 3.8) is 0 Å². The predicted molar refractivity (Wildman–Crippen MR) is 121 cm³/mol. The molecule has 0 saturated heterocycles. The molecule has 2 rings (SSSR count). The van der Waals surface area contributed by atoms with Gasteiger partial charge in [-0.3, -0.25) is 5.41 Å². The van der Waals surface area contributed by atoms with E-state index >= 15 is 0 Å². The summed E-state index contributed by atoms with van der Waals surface area (Å²) in [5.41, 5.74) is 1.98. The summed E-state index contributed by atoms with van der Waals surface area (Å²) < 4.78 is 5.43. The largest absolute Gasteiger partial charge is 0.494 e. The van der Waals surface area contributed by atoms with E-state index in [-0.39, 0.29) is 6.04 Å². The molecule has 2 N–H and O–H groups in total. The minimum atomic E-state index is 0.158. The van der Waals surface area contributed by atoms with E-state index in [1.807, 2.05) is 32.1 Å². The van der Waals surface area contributed by atoms with Gasteiger partial charge in [-0.25, -0.2) is 0 Å². The predicted octanol–water partition coefficient (Wildman–Crippen LogP) is 6.59. The highest BCUT2D eigenvalue weighted by Crippen LogP contribution is 2.32. The number of benzene rings is 1. The molecule has 0 radical (unpaired) electrons. The lowest BCUT2D eigenvalue weighted by Crippen LogP contribution is -2.18. The third-order valence-electron chi connectivity index (χ3n) is 4.88. The number of hydrogen-bond donors (Lipinski definition) is 2. The van der Waals surface area contributed by atoms with Gasteiger partial charge < -0.3 is 10.1 Å². The fourth-order valence-electron chi connectivity index (χ4n) is 2.64. The SMILES string of the molecule is C=C(/C=C\C(=N)SCC)NC(C)c1ccc(OCC)cc1.CC1CC[C@H]1C. The smallest absolute Gasteiger partial charge is 0.119 e. The van der Waals surface area contributed by atoms with Gasteiger partial charge in [-0.1, -0.05) is 52.3 Å². The molecule has 2 unspecified atom stereocenters. The minimum absolute atomic E-state index is 0.158. The van der Waals surface area contributed by atoms with Crippen LogP contribution in [0.15, 0.2) is 48.7 Å². The normalized spacial score (nSPS) is 19.4. The van der Waals surface area contributed by atoms with Crippen molar-refractivity contribution in [3.8, 4) is 5.75 Å². The number of allylic oxidation sites excluding steroid dienone is 1. The van der Waals surface area contributed by atoms with Gasteiger partial charge >= 0.3 is 0 Å². The van der Waals surface area contributed by atoms with Crippen LogP contribution < -0.4 is 10.1 Å². The van der Waals surface area contributed by atoms with Crippen molar-refractivity contribution in [1.29, 1.82) is 5.41 Å². The zero-order valence-electron chi connectivity index (χ0n) is 17.5. The Labute approximate surface area is 170 Å². The van der Waals surface area contributed by atoms with Crippen LogP contribution >= 0.6 is 11.8 Å². The van der Waals surface area contributed by atoms with Crippen molar-refractivity contribution < 1.29 is 4.74 Å². The lowest BCUT2D eigenvalue weighted by Gasteiger charge is -2.29. The lowest BCUT2D eigenvalue weighted by molar-refractivity contribution is 0.219. The summed E-state index contributed by atoms with van der Waals surface area (Å²) in [6.07, 6.45) is 6.56. The van der Waals surface area contributed by atoms with Crippen LogP contribution in [0, 0.1) is 17.2 Å². The maximum atomic E-state index is 7.68. The van der Waals surface area contributed by atoms with Crippen LogP contribution in [0.4, 0.5) is 0 Å². The Kier molecular flexibility index (Phi) is 11.0. The summed E-state index contributed by atoms with van der Waals surface area (Å²) in [5.74, 6) is 3.86. The molecule has 1 aromatic rings. The molecule has 3 atom stereocenters. The van der Waals surface area contributed by atoms with Crippen molar-refractivity contribution in [2.45, 2.75) is 53.5 Å². The molecule has 27 heavy (non-hydrogen) atoms. The van der Waals surface area contributed by atoms with Gasteiger partial charge in [0.05, 0.1) is 11.7 Å². The van der Waals surface area contributed by atoms with Gasteiger partial charge in [0.15, 0.2) is 0 Å². The van der Waals surface area contributed by atoms with Gasteiger partial charge in [0.1, 0.15) is 5.75 Å². The minimum Gasteiger partial charge on any atom is -0.494 e. The van der Waals surface area contributed by atoms with Crippen LogP contribution in [0.3, 0.4) is 0 Å². The number of hydrogen-bond acceptors (Lipinski definition) is 4. The summed E-state index contributed by atoms with van der Waals surface area (Å²) in [6, 6.07) is 8.21. The molecule has 0 amide bonds. The zero-order chi connectivity index (χ0) is 20.2. The molecule has 1 aliphatic carbocycles. The first-order chi connectivity index (χ1) is 12.9. The second-order valence-electron chi connectivity index (χ2n) is 7.06. The van der Waals surface area contributed by atoms with Crippen molar-refractivity contribution in [3.05, 3.63) is 54.3 Å². The Bertz CT molecular complexity index is 601. The Balaban J connectivity index is 0.000000511. The molecular weight excluding hydrogens is 352 g/mol. The van der Waals surface area contributed by atoms with E-state index in [0.717, 1.165) is 29.0 Å². The van der Waals surface area contributed by atoms with Gasteiger partial charge in [-0.15, -0.1) is 11.8 Å². The summed E-state index contributed by atoms with van der Waals surface area (Å²) in [5, 5.41) is 11.6. The molecule has 1 saturated carbocycles. The van der Waals surface area contributed by atoms with Gasteiger partial charge in [0.25, 0.3) is 0 Å². The van der Waals surface area contributed by atoms with E-state index in [1.165, 1.54) is 30.2 Å². The number of rotatable bonds is 8.